The molecule has 3 rings (SSSR count). The molecule has 1 saturated heterocycles. The molecule has 1 aliphatic rings. The fraction of sp³-hybridized carbons (Fsp3) is 0.522. The van der Waals surface area contributed by atoms with Gasteiger partial charge in [-0.1, -0.05) is 18.2 Å². The zero-order chi connectivity index (χ0) is 20.5. The van der Waals surface area contributed by atoms with Crippen molar-refractivity contribution in [3.8, 4) is 0 Å². The molecule has 0 atom stereocenters. The first-order valence-electron chi connectivity index (χ1n) is 10.8. The Bertz CT molecular complexity index is 746. The van der Waals surface area contributed by atoms with Crippen molar-refractivity contribution in [1.82, 2.24) is 19.7 Å². The molecule has 0 unspecified atom stereocenters. The Labute approximate surface area is 175 Å². The van der Waals surface area contributed by atoms with E-state index in [4.69, 9.17) is 4.99 Å². The van der Waals surface area contributed by atoms with Crippen LogP contribution >= 0.6 is 0 Å². The molecular formula is C23H36N6. The minimum Gasteiger partial charge on any atom is -0.369 e. The summed E-state index contributed by atoms with van der Waals surface area (Å²) in [5.74, 6) is 0.989. The molecule has 0 saturated carbocycles. The van der Waals surface area contributed by atoms with Gasteiger partial charge in [0.15, 0.2) is 5.96 Å². The zero-order valence-corrected chi connectivity index (χ0v) is 18.2. The molecule has 0 aliphatic carbocycles. The summed E-state index contributed by atoms with van der Waals surface area (Å²) in [5.41, 5.74) is 2.63. The highest BCUT2D eigenvalue weighted by Gasteiger charge is 2.16. The number of aryl methyl sites for hydroxylation is 1. The molecule has 29 heavy (non-hydrogen) atoms. The van der Waals surface area contributed by atoms with E-state index in [2.05, 4.69) is 94.3 Å². The van der Waals surface area contributed by atoms with Crippen LogP contribution in [0.15, 0.2) is 53.7 Å². The lowest BCUT2D eigenvalue weighted by Crippen LogP contribution is -2.46. The molecule has 158 valence electrons. The van der Waals surface area contributed by atoms with Crippen LogP contribution in [0.5, 0.6) is 0 Å². The van der Waals surface area contributed by atoms with E-state index in [0.29, 0.717) is 0 Å². The van der Waals surface area contributed by atoms with Crippen LogP contribution in [-0.4, -0.2) is 73.2 Å². The standard InChI is InChI=1S/C23H36N6/c1-4-24-23(27(3)20-22-12-8-14-26(22)2)25-13-9-15-28-16-18-29(19-17-28)21-10-6-5-7-11-21/h5-8,10-12,14H,4,9,13,15-20H2,1-3H3,(H,24,25). The van der Waals surface area contributed by atoms with Crippen molar-refractivity contribution in [2.75, 3.05) is 57.8 Å². The van der Waals surface area contributed by atoms with Gasteiger partial charge in [0.2, 0.25) is 0 Å². The summed E-state index contributed by atoms with van der Waals surface area (Å²) in [4.78, 5) is 12.1. The molecule has 1 aromatic heterocycles. The molecule has 0 spiro atoms. The van der Waals surface area contributed by atoms with Crippen molar-refractivity contribution in [1.29, 1.82) is 0 Å². The summed E-state index contributed by atoms with van der Waals surface area (Å²) in [7, 11) is 4.20. The molecule has 1 fully saturated rings. The predicted molar refractivity (Wildman–Crippen MR) is 123 cm³/mol. The number of hydrogen-bond acceptors (Lipinski definition) is 3. The number of nitrogens with zero attached hydrogens (tertiary/aromatic N) is 5. The van der Waals surface area contributed by atoms with E-state index < -0.39 is 0 Å². The van der Waals surface area contributed by atoms with Gasteiger partial charge in [0, 0.05) is 77.5 Å². The minimum atomic E-state index is 0.858. The van der Waals surface area contributed by atoms with Crippen molar-refractivity contribution in [3.63, 3.8) is 0 Å². The first-order valence-corrected chi connectivity index (χ1v) is 10.8. The van der Waals surface area contributed by atoms with Crippen molar-refractivity contribution >= 4 is 11.6 Å². The predicted octanol–water partition coefficient (Wildman–Crippen LogP) is 2.63. The minimum absolute atomic E-state index is 0.858. The van der Waals surface area contributed by atoms with Crippen LogP contribution in [0.3, 0.4) is 0 Å². The van der Waals surface area contributed by atoms with Gasteiger partial charge in [0.25, 0.3) is 0 Å². The maximum absolute atomic E-state index is 4.86. The monoisotopic (exact) mass is 396 g/mol. The van der Waals surface area contributed by atoms with Gasteiger partial charge in [-0.05, 0) is 37.6 Å². The normalized spacial score (nSPS) is 15.6. The lowest BCUT2D eigenvalue weighted by molar-refractivity contribution is 0.256. The van der Waals surface area contributed by atoms with Gasteiger partial charge in [-0.15, -0.1) is 0 Å². The summed E-state index contributed by atoms with van der Waals surface area (Å²) in [6.45, 7) is 10.3. The van der Waals surface area contributed by atoms with Crippen LogP contribution in [-0.2, 0) is 13.6 Å². The topological polar surface area (TPSA) is 39.0 Å². The van der Waals surface area contributed by atoms with Gasteiger partial charge in [-0.2, -0.15) is 0 Å². The number of rotatable bonds is 8. The van der Waals surface area contributed by atoms with E-state index in [1.54, 1.807) is 0 Å². The number of aromatic nitrogens is 1. The maximum Gasteiger partial charge on any atom is 0.194 e. The second-order valence-corrected chi connectivity index (χ2v) is 7.72. The average molecular weight is 397 g/mol. The molecule has 6 heteroatoms. The third kappa shape index (κ3) is 6.26. The number of anilines is 1. The zero-order valence-electron chi connectivity index (χ0n) is 18.2. The first kappa shape index (κ1) is 21.2. The third-order valence-electron chi connectivity index (χ3n) is 5.53. The van der Waals surface area contributed by atoms with E-state index in [9.17, 15) is 0 Å². The summed E-state index contributed by atoms with van der Waals surface area (Å²) in [5, 5.41) is 3.42. The van der Waals surface area contributed by atoms with Crippen LogP contribution in [0, 0.1) is 0 Å². The number of guanidine groups is 1. The van der Waals surface area contributed by atoms with Gasteiger partial charge in [0.05, 0.1) is 6.54 Å². The Hall–Kier alpha value is -2.47. The van der Waals surface area contributed by atoms with E-state index in [1.165, 1.54) is 11.4 Å². The number of nitrogens with one attached hydrogen (secondary N) is 1. The fourth-order valence-corrected chi connectivity index (χ4v) is 3.80. The number of piperazine rings is 1. The maximum atomic E-state index is 4.86. The lowest BCUT2D eigenvalue weighted by atomic mass is 10.2. The van der Waals surface area contributed by atoms with Crippen LogP contribution < -0.4 is 10.2 Å². The fourth-order valence-electron chi connectivity index (χ4n) is 3.80. The number of hydrogen-bond donors (Lipinski definition) is 1. The molecule has 6 nitrogen and oxygen atoms in total. The van der Waals surface area contributed by atoms with Crippen molar-refractivity contribution in [2.24, 2.45) is 12.0 Å². The van der Waals surface area contributed by atoms with Crippen molar-refractivity contribution < 1.29 is 0 Å². The van der Waals surface area contributed by atoms with Gasteiger partial charge in [0.1, 0.15) is 0 Å². The van der Waals surface area contributed by atoms with E-state index >= 15 is 0 Å². The van der Waals surface area contributed by atoms with Gasteiger partial charge >= 0.3 is 0 Å². The van der Waals surface area contributed by atoms with Crippen LogP contribution in [0.25, 0.3) is 0 Å². The van der Waals surface area contributed by atoms with Crippen molar-refractivity contribution in [2.45, 2.75) is 19.9 Å². The quantitative estimate of drug-likeness (QED) is 0.423. The van der Waals surface area contributed by atoms with Gasteiger partial charge < -0.3 is 19.7 Å². The number of para-hydroxylation sites is 1. The molecule has 2 heterocycles. The molecule has 0 radical (unpaired) electrons. The van der Waals surface area contributed by atoms with E-state index in [-0.39, 0.29) is 0 Å². The second kappa shape index (κ2) is 10.9. The summed E-state index contributed by atoms with van der Waals surface area (Å²) in [6.07, 6.45) is 3.18. The number of aliphatic imine (C=N–C) groups is 1. The SMILES string of the molecule is CCNC(=NCCCN1CCN(c2ccccc2)CC1)N(C)Cc1cccn1C. The number of benzene rings is 1. The van der Waals surface area contributed by atoms with E-state index in [0.717, 1.165) is 64.7 Å². The Balaban J connectivity index is 1.41. The highest BCUT2D eigenvalue weighted by molar-refractivity contribution is 5.79. The molecule has 0 amide bonds. The van der Waals surface area contributed by atoms with Crippen LogP contribution in [0.4, 0.5) is 5.69 Å². The largest absolute Gasteiger partial charge is 0.369 e. The van der Waals surface area contributed by atoms with Gasteiger partial charge in [-0.3, -0.25) is 9.89 Å². The summed E-state index contributed by atoms with van der Waals surface area (Å²) in [6, 6.07) is 15.0. The Morgan fingerprint density at radius 1 is 1.07 bits per heavy atom. The third-order valence-corrected chi connectivity index (χ3v) is 5.53. The Morgan fingerprint density at radius 2 is 1.83 bits per heavy atom. The molecule has 1 aromatic carbocycles. The second-order valence-electron chi connectivity index (χ2n) is 7.72. The molecule has 0 bridgehead atoms. The van der Waals surface area contributed by atoms with Crippen LogP contribution in [0.1, 0.15) is 19.0 Å². The smallest absolute Gasteiger partial charge is 0.194 e. The molecular weight excluding hydrogens is 360 g/mol. The van der Waals surface area contributed by atoms with E-state index in [1.807, 2.05) is 0 Å². The highest BCUT2D eigenvalue weighted by atomic mass is 15.3. The summed E-state index contributed by atoms with van der Waals surface area (Å²) < 4.78 is 2.16. The first-order chi connectivity index (χ1) is 14.2. The molecule has 1 N–H and O–H groups in total. The Kier molecular flexibility index (Phi) is 7.99. The van der Waals surface area contributed by atoms with Crippen molar-refractivity contribution in [3.05, 3.63) is 54.4 Å². The molecule has 1 aliphatic heterocycles. The average Bonchev–Trinajstić information content (AvgIpc) is 3.15. The Morgan fingerprint density at radius 3 is 2.48 bits per heavy atom. The molecule has 2 aromatic rings. The van der Waals surface area contributed by atoms with Gasteiger partial charge in [-0.25, -0.2) is 0 Å². The van der Waals surface area contributed by atoms with Crippen LogP contribution in [0.2, 0.25) is 0 Å². The lowest BCUT2D eigenvalue weighted by Gasteiger charge is -2.36. The highest BCUT2D eigenvalue weighted by Crippen LogP contribution is 2.15. The summed E-state index contributed by atoms with van der Waals surface area (Å²) >= 11 is 0.